The van der Waals surface area contributed by atoms with Crippen molar-refractivity contribution in [1.82, 2.24) is 19.9 Å². The molecule has 0 saturated carbocycles. The summed E-state index contributed by atoms with van der Waals surface area (Å²) in [5.74, 6) is 0. The van der Waals surface area contributed by atoms with E-state index in [1.807, 2.05) is 24.7 Å². The van der Waals surface area contributed by atoms with Crippen LogP contribution in [0.4, 0.5) is 5.69 Å². The van der Waals surface area contributed by atoms with Gasteiger partial charge in [0.15, 0.2) is 0 Å². The van der Waals surface area contributed by atoms with Crippen LogP contribution in [0.15, 0.2) is 24.4 Å². The van der Waals surface area contributed by atoms with Crippen LogP contribution in [0.1, 0.15) is 50.6 Å². The lowest BCUT2D eigenvalue weighted by atomic mass is 9.96. The van der Waals surface area contributed by atoms with Gasteiger partial charge in [0, 0.05) is 31.4 Å². The zero-order valence-electron chi connectivity index (χ0n) is 15.7. The zero-order chi connectivity index (χ0) is 18.0. The lowest BCUT2D eigenvalue weighted by molar-refractivity contribution is 0.0318. The molecule has 0 saturated heterocycles. The van der Waals surface area contributed by atoms with Crippen LogP contribution < -0.4 is 5.32 Å². The Morgan fingerprint density at radius 3 is 2.80 bits per heavy atom. The molecule has 6 heteroatoms. The predicted molar refractivity (Wildman–Crippen MR) is 99.5 cm³/mol. The van der Waals surface area contributed by atoms with Gasteiger partial charge in [0.25, 0.3) is 0 Å². The molecular weight excluding hydrogens is 314 g/mol. The maximum Gasteiger partial charge on any atom is 0.102 e. The van der Waals surface area contributed by atoms with E-state index in [4.69, 9.17) is 0 Å². The maximum atomic E-state index is 10.1. The SMILES string of the molecule is CC(C)n1cc(CNc2cccc3c2CCN(CC(C)(C)O)C3)nn1. The molecule has 0 radical (unpaired) electrons. The third-order valence-electron chi connectivity index (χ3n) is 4.50. The standard InChI is InChI=1S/C19H29N5O/c1-14(2)24-12-16(21-22-24)10-20-18-7-5-6-15-11-23(9-8-17(15)18)13-19(3,4)25/h5-7,12,14,20,25H,8-11,13H2,1-4H3. The second-order valence-corrected chi connectivity index (χ2v) is 7.85. The van der Waals surface area contributed by atoms with Crippen LogP contribution in [0.5, 0.6) is 0 Å². The molecule has 0 bridgehead atoms. The van der Waals surface area contributed by atoms with Gasteiger partial charge in [0.05, 0.1) is 18.3 Å². The topological polar surface area (TPSA) is 66.2 Å². The molecule has 1 aromatic heterocycles. The fourth-order valence-corrected chi connectivity index (χ4v) is 3.35. The summed E-state index contributed by atoms with van der Waals surface area (Å²) in [5, 5.41) is 22.0. The molecule has 0 atom stereocenters. The molecule has 1 aliphatic heterocycles. The van der Waals surface area contributed by atoms with Gasteiger partial charge in [-0.25, -0.2) is 4.68 Å². The number of nitrogens with one attached hydrogen (secondary N) is 1. The van der Waals surface area contributed by atoms with Crippen molar-refractivity contribution in [2.45, 2.75) is 58.8 Å². The van der Waals surface area contributed by atoms with E-state index in [-0.39, 0.29) is 0 Å². The van der Waals surface area contributed by atoms with Crippen LogP contribution >= 0.6 is 0 Å². The number of aromatic nitrogens is 3. The average molecular weight is 343 g/mol. The van der Waals surface area contributed by atoms with E-state index in [1.54, 1.807) is 0 Å². The van der Waals surface area contributed by atoms with Crippen LogP contribution in [0.25, 0.3) is 0 Å². The molecule has 0 spiro atoms. The third-order valence-corrected chi connectivity index (χ3v) is 4.50. The lowest BCUT2D eigenvalue weighted by Gasteiger charge is -2.33. The van der Waals surface area contributed by atoms with Crippen molar-refractivity contribution in [2.24, 2.45) is 0 Å². The first-order valence-electron chi connectivity index (χ1n) is 9.02. The number of hydrogen-bond acceptors (Lipinski definition) is 5. The molecule has 2 heterocycles. The Hall–Kier alpha value is -1.92. The molecule has 25 heavy (non-hydrogen) atoms. The highest BCUT2D eigenvalue weighted by Gasteiger charge is 2.23. The Morgan fingerprint density at radius 2 is 2.12 bits per heavy atom. The Labute approximate surface area is 149 Å². The minimum Gasteiger partial charge on any atom is -0.389 e. The number of aliphatic hydroxyl groups is 1. The molecular formula is C19H29N5O. The summed E-state index contributed by atoms with van der Waals surface area (Å²) in [7, 11) is 0. The number of hydrogen-bond donors (Lipinski definition) is 2. The maximum absolute atomic E-state index is 10.1. The van der Waals surface area contributed by atoms with Crippen LogP contribution in [0.2, 0.25) is 0 Å². The molecule has 1 aliphatic rings. The van der Waals surface area contributed by atoms with Crippen molar-refractivity contribution in [3.63, 3.8) is 0 Å². The van der Waals surface area contributed by atoms with Crippen molar-refractivity contribution in [3.05, 3.63) is 41.2 Å². The number of fused-ring (bicyclic) bond motifs is 1. The summed E-state index contributed by atoms with van der Waals surface area (Å²) >= 11 is 0. The van der Waals surface area contributed by atoms with Crippen LogP contribution in [0.3, 0.4) is 0 Å². The highest BCUT2D eigenvalue weighted by molar-refractivity contribution is 5.55. The summed E-state index contributed by atoms with van der Waals surface area (Å²) in [6.07, 6.45) is 2.99. The number of rotatable bonds is 6. The van der Waals surface area contributed by atoms with Gasteiger partial charge in [-0.15, -0.1) is 5.10 Å². The molecule has 0 fully saturated rings. The summed E-state index contributed by atoms with van der Waals surface area (Å²) in [6.45, 7) is 11.2. The summed E-state index contributed by atoms with van der Waals surface area (Å²) in [5.41, 5.74) is 4.19. The number of nitrogens with zero attached hydrogens (tertiary/aromatic N) is 4. The predicted octanol–water partition coefficient (Wildman–Crippen LogP) is 2.60. The number of benzene rings is 1. The first kappa shape index (κ1) is 17.9. The van der Waals surface area contributed by atoms with Crippen molar-refractivity contribution in [2.75, 3.05) is 18.4 Å². The highest BCUT2D eigenvalue weighted by atomic mass is 16.3. The molecule has 3 rings (SSSR count). The fraction of sp³-hybridized carbons (Fsp3) is 0.579. The van der Waals surface area contributed by atoms with Crippen LogP contribution in [0, 0.1) is 0 Å². The van der Waals surface area contributed by atoms with Crippen molar-refractivity contribution in [3.8, 4) is 0 Å². The van der Waals surface area contributed by atoms with Gasteiger partial charge in [-0.1, -0.05) is 17.3 Å². The van der Waals surface area contributed by atoms with Gasteiger partial charge in [-0.3, -0.25) is 4.90 Å². The van der Waals surface area contributed by atoms with Gasteiger partial charge < -0.3 is 10.4 Å². The molecule has 0 aliphatic carbocycles. The minimum atomic E-state index is -0.657. The fourth-order valence-electron chi connectivity index (χ4n) is 3.35. The van der Waals surface area contributed by atoms with E-state index >= 15 is 0 Å². The largest absolute Gasteiger partial charge is 0.389 e. The Bertz CT molecular complexity index is 717. The van der Waals surface area contributed by atoms with E-state index in [9.17, 15) is 5.11 Å². The van der Waals surface area contributed by atoms with Gasteiger partial charge in [-0.05, 0) is 51.3 Å². The highest BCUT2D eigenvalue weighted by Crippen LogP contribution is 2.27. The Morgan fingerprint density at radius 1 is 1.32 bits per heavy atom. The van der Waals surface area contributed by atoms with Gasteiger partial charge >= 0.3 is 0 Å². The van der Waals surface area contributed by atoms with E-state index in [0.717, 1.165) is 25.2 Å². The molecule has 0 amide bonds. The van der Waals surface area contributed by atoms with Gasteiger partial charge in [-0.2, -0.15) is 0 Å². The zero-order valence-corrected chi connectivity index (χ0v) is 15.7. The molecule has 6 nitrogen and oxygen atoms in total. The molecule has 2 N–H and O–H groups in total. The smallest absolute Gasteiger partial charge is 0.102 e. The Balaban J connectivity index is 1.67. The molecule has 1 aromatic carbocycles. The van der Waals surface area contributed by atoms with E-state index in [1.165, 1.54) is 16.8 Å². The first-order valence-corrected chi connectivity index (χ1v) is 9.02. The van der Waals surface area contributed by atoms with Crippen molar-refractivity contribution in [1.29, 1.82) is 0 Å². The second kappa shape index (κ2) is 7.14. The number of anilines is 1. The van der Waals surface area contributed by atoms with Gasteiger partial charge in [0.2, 0.25) is 0 Å². The Kier molecular flexibility index (Phi) is 5.11. The second-order valence-electron chi connectivity index (χ2n) is 7.85. The lowest BCUT2D eigenvalue weighted by Crippen LogP contribution is -2.41. The van der Waals surface area contributed by atoms with Crippen molar-refractivity contribution < 1.29 is 5.11 Å². The van der Waals surface area contributed by atoms with Gasteiger partial charge in [0.1, 0.15) is 5.69 Å². The first-order chi connectivity index (χ1) is 11.8. The van der Waals surface area contributed by atoms with E-state index in [0.29, 0.717) is 19.1 Å². The molecule has 0 unspecified atom stereocenters. The van der Waals surface area contributed by atoms with Crippen LogP contribution in [-0.4, -0.2) is 43.7 Å². The minimum absolute atomic E-state index is 0.326. The van der Waals surface area contributed by atoms with E-state index < -0.39 is 5.60 Å². The number of β-amino-alcohol motifs (C(OH)–C–C–N with tert-alkyl or cyclic N) is 1. The normalized spacial score (nSPS) is 15.4. The van der Waals surface area contributed by atoms with Crippen molar-refractivity contribution >= 4 is 5.69 Å². The average Bonchev–Trinajstić information content (AvgIpc) is 3.00. The van der Waals surface area contributed by atoms with Crippen LogP contribution in [-0.2, 0) is 19.5 Å². The summed E-state index contributed by atoms with van der Waals surface area (Å²) in [4.78, 5) is 2.32. The quantitative estimate of drug-likeness (QED) is 0.844. The molecule has 2 aromatic rings. The monoisotopic (exact) mass is 343 g/mol. The summed E-state index contributed by atoms with van der Waals surface area (Å²) < 4.78 is 1.88. The summed E-state index contributed by atoms with van der Waals surface area (Å²) in [6, 6.07) is 6.75. The van der Waals surface area contributed by atoms with E-state index in [2.05, 4.69) is 52.6 Å². The molecule has 136 valence electrons. The third kappa shape index (κ3) is 4.58.